The summed E-state index contributed by atoms with van der Waals surface area (Å²) in [6.45, 7) is 9.57. The van der Waals surface area contributed by atoms with E-state index in [1.807, 2.05) is 13.8 Å². The van der Waals surface area contributed by atoms with Gasteiger partial charge < -0.3 is 15.5 Å². The fraction of sp³-hybridized carbons (Fsp3) is 0.846. The number of likely N-dealkylation sites (N-methyl/N-ethyl adjacent to an activating group) is 1. The molecule has 1 unspecified atom stereocenters. The van der Waals surface area contributed by atoms with Gasteiger partial charge >= 0.3 is 11.8 Å². The van der Waals surface area contributed by atoms with Crippen molar-refractivity contribution >= 4 is 11.8 Å². The lowest BCUT2D eigenvalue weighted by molar-refractivity contribution is -0.909. The van der Waals surface area contributed by atoms with E-state index >= 15 is 0 Å². The van der Waals surface area contributed by atoms with Gasteiger partial charge in [-0.05, 0) is 12.8 Å². The predicted molar refractivity (Wildman–Crippen MR) is 70.3 cm³/mol. The standard InChI is InChI=1S/C13H25N3O2/c1-4-16-7-5-6-11(16)9-15-13(18)12(17)14-8-10(2)3/h10-11H,4-9H2,1-3H3,(H,14,17)(H,15,18)/p+1/t11-/m1/s1. The maximum absolute atomic E-state index is 11.6. The van der Waals surface area contributed by atoms with Crippen LogP contribution in [0.25, 0.3) is 0 Å². The van der Waals surface area contributed by atoms with Crippen molar-refractivity contribution in [2.45, 2.75) is 39.7 Å². The Labute approximate surface area is 109 Å². The van der Waals surface area contributed by atoms with E-state index < -0.39 is 11.8 Å². The molecule has 0 bridgehead atoms. The van der Waals surface area contributed by atoms with Gasteiger partial charge in [-0.1, -0.05) is 13.8 Å². The third-order valence-corrected chi connectivity index (χ3v) is 3.47. The second-order valence-electron chi connectivity index (χ2n) is 5.41. The second kappa shape index (κ2) is 7.36. The highest BCUT2D eigenvalue weighted by molar-refractivity contribution is 6.35. The van der Waals surface area contributed by atoms with Crippen LogP contribution in [0.15, 0.2) is 0 Å². The molecule has 3 N–H and O–H groups in total. The van der Waals surface area contributed by atoms with Crippen LogP contribution in [0.4, 0.5) is 0 Å². The molecule has 104 valence electrons. The molecular formula is C13H26N3O2+. The van der Waals surface area contributed by atoms with Gasteiger partial charge in [0.1, 0.15) is 6.04 Å². The van der Waals surface area contributed by atoms with Crippen molar-refractivity contribution < 1.29 is 14.5 Å². The SMILES string of the molecule is CC[NH+]1CCC[C@@H]1CNC(=O)C(=O)NCC(C)C. The highest BCUT2D eigenvalue weighted by atomic mass is 16.2. The average Bonchev–Trinajstić information content (AvgIpc) is 2.80. The van der Waals surface area contributed by atoms with Crippen LogP contribution in [0.2, 0.25) is 0 Å². The smallest absolute Gasteiger partial charge is 0.309 e. The summed E-state index contributed by atoms with van der Waals surface area (Å²) < 4.78 is 0. The largest absolute Gasteiger partial charge is 0.348 e. The zero-order chi connectivity index (χ0) is 13.5. The molecule has 0 aliphatic carbocycles. The summed E-state index contributed by atoms with van der Waals surface area (Å²) in [5, 5.41) is 5.37. The van der Waals surface area contributed by atoms with Crippen molar-refractivity contribution in [3.05, 3.63) is 0 Å². The molecule has 1 heterocycles. The molecule has 2 amide bonds. The number of carbonyl (C=O) groups is 2. The lowest BCUT2D eigenvalue weighted by Crippen LogP contribution is -3.14. The Kier molecular flexibility index (Phi) is 6.12. The van der Waals surface area contributed by atoms with Gasteiger partial charge in [0.15, 0.2) is 0 Å². The van der Waals surface area contributed by atoms with Gasteiger partial charge in [-0.25, -0.2) is 0 Å². The minimum absolute atomic E-state index is 0.358. The highest BCUT2D eigenvalue weighted by Crippen LogP contribution is 1.98. The van der Waals surface area contributed by atoms with Crippen LogP contribution < -0.4 is 15.5 Å². The number of nitrogens with one attached hydrogen (secondary N) is 3. The zero-order valence-electron chi connectivity index (χ0n) is 11.7. The Morgan fingerprint density at radius 1 is 1.28 bits per heavy atom. The second-order valence-corrected chi connectivity index (χ2v) is 5.41. The van der Waals surface area contributed by atoms with Gasteiger partial charge in [0.05, 0.1) is 19.6 Å². The molecular weight excluding hydrogens is 230 g/mol. The van der Waals surface area contributed by atoms with Crippen molar-refractivity contribution in [3.63, 3.8) is 0 Å². The van der Waals surface area contributed by atoms with Gasteiger partial charge in [-0.3, -0.25) is 9.59 Å². The molecule has 1 saturated heterocycles. The molecule has 18 heavy (non-hydrogen) atoms. The van der Waals surface area contributed by atoms with Crippen molar-refractivity contribution in [2.24, 2.45) is 5.92 Å². The molecule has 0 aromatic heterocycles. The van der Waals surface area contributed by atoms with Crippen molar-refractivity contribution in [2.75, 3.05) is 26.2 Å². The van der Waals surface area contributed by atoms with Crippen LogP contribution in [0.5, 0.6) is 0 Å². The number of hydrogen-bond acceptors (Lipinski definition) is 2. The lowest BCUT2D eigenvalue weighted by atomic mass is 10.2. The molecule has 0 aromatic carbocycles. The van der Waals surface area contributed by atoms with E-state index in [1.54, 1.807) is 0 Å². The van der Waals surface area contributed by atoms with Crippen LogP contribution in [-0.2, 0) is 9.59 Å². The summed E-state index contributed by atoms with van der Waals surface area (Å²) in [6, 6.07) is 0.469. The van der Waals surface area contributed by atoms with E-state index in [9.17, 15) is 9.59 Å². The number of amides is 2. The van der Waals surface area contributed by atoms with E-state index in [2.05, 4.69) is 17.6 Å². The molecule has 1 rings (SSSR count). The first-order chi connectivity index (χ1) is 8.54. The molecule has 0 aromatic rings. The van der Waals surface area contributed by atoms with E-state index in [0.29, 0.717) is 25.0 Å². The van der Waals surface area contributed by atoms with Crippen molar-refractivity contribution in [1.29, 1.82) is 0 Å². The normalized spacial score (nSPS) is 23.1. The van der Waals surface area contributed by atoms with Gasteiger partial charge in [0.2, 0.25) is 0 Å². The Balaban J connectivity index is 2.25. The summed E-state index contributed by atoms with van der Waals surface area (Å²) in [5.74, 6) is -0.658. The van der Waals surface area contributed by atoms with Gasteiger partial charge in [-0.15, -0.1) is 0 Å². The maximum Gasteiger partial charge on any atom is 0.309 e. The van der Waals surface area contributed by atoms with Crippen LogP contribution in [-0.4, -0.2) is 44.0 Å². The van der Waals surface area contributed by atoms with Crippen molar-refractivity contribution in [3.8, 4) is 0 Å². The molecule has 0 saturated carbocycles. The Morgan fingerprint density at radius 3 is 2.56 bits per heavy atom. The number of hydrogen-bond donors (Lipinski definition) is 3. The van der Waals surface area contributed by atoms with E-state index in [-0.39, 0.29) is 0 Å². The van der Waals surface area contributed by atoms with Crippen molar-refractivity contribution in [1.82, 2.24) is 10.6 Å². The summed E-state index contributed by atoms with van der Waals surface area (Å²) >= 11 is 0. The molecule has 5 heteroatoms. The van der Waals surface area contributed by atoms with Gasteiger partial charge in [-0.2, -0.15) is 0 Å². The predicted octanol–water partition coefficient (Wildman–Crippen LogP) is -1.06. The minimum Gasteiger partial charge on any atom is -0.348 e. The number of likely N-dealkylation sites (tertiary alicyclic amines) is 1. The molecule has 1 fully saturated rings. The third kappa shape index (κ3) is 4.64. The Bertz CT molecular complexity index is 292. The first kappa shape index (κ1) is 15.0. The number of rotatable bonds is 5. The first-order valence-corrected chi connectivity index (χ1v) is 6.95. The molecule has 2 atom stereocenters. The fourth-order valence-electron chi connectivity index (χ4n) is 2.37. The average molecular weight is 256 g/mol. The summed E-state index contributed by atoms with van der Waals surface area (Å²) in [7, 11) is 0. The molecule has 1 aliphatic rings. The van der Waals surface area contributed by atoms with Gasteiger partial charge in [0.25, 0.3) is 0 Å². The van der Waals surface area contributed by atoms with Crippen LogP contribution in [0.3, 0.4) is 0 Å². The Hall–Kier alpha value is -1.10. The quantitative estimate of drug-likeness (QED) is 0.549. The first-order valence-electron chi connectivity index (χ1n) is 6.95. The monoisotopic (exact) mass is 256 g/mol. The third-order valence-electron chi connectivity index (χ3n) is 3.47. The summed E-state index contributed by atoms with van der Waals surface area (Å²) in [6.07, 6.45) is 2.35. The summed E-state index contributed by atoms with van der Waals surface area (Å²) in [4.78, 5) is 24.6. The minimum atomic E-state index is -0.514. The summed E-state index contributed by atoms with van der Waals surface area (Å²) in [5.41, 5.74) is 0. The molecule has 0 spiro atoms. The number of quaternary nitrogens is 1. The van der Waals surface area contributed by atoms with Crippen LogP contribution >= 0.6 is 0 Å². The molecule has 1 aliphatic heterocycles. The maximum atomic E-state index is 11.6. The van der Waals surface area contributed by atoms with Crippen LogP contribution in [0.1, 0.15) is 33.6 Å². The van der Waals surface area contributed by atoms with E-state index in [1.165, 1.54) is 17.9 Å². The highest BCUT2D eigenvalue weighted by Gasteiger charge is 2.27. The number of carbonyl (C=O) groups excluding carboxylic acids is 2. The topological polar surface area (TPSA) is 62.6 Å². The fourth-order valence-corrected chi connectivity index (χ4v) is 2.37. The Morgan fingerprint density at radius 2 is 1.94 bits per heavy atom. The molecule has 5 nitrogen and oxygen atoms in total. The van der Waals surface area contributed by atoms with Gasteiger partial charge in [0, 0.05) is 19.4 Å². The van der Waals surface area contributed by atoms with Crippen LogP contribution in [0, 0.1) is 5.92 Å². The lowest BCUT2D eigenvalue weighted by Gasteiger charge is -2.20. The van der Waals surface area contributed by atoms with E-state index in [0.717, 1.165) is 13.0 Å². The van der Waals surface area contributed by atoms with E-state index in [4.69, 9.17) is 0 Å². The zero-order valence-corrected chi connectivity index (χ0v) is 11.7. The molecule has 0 radical (unpaired) electrons.